The first-order chi connectivity index (χ1) is 7.95. The minimum Gasteiger partial charge on any atom is -0.166 e. The summed E-state index contributed by atoms with van der Waals surface area (Å²) in [5, 5.41) is 0. The van der Waals surface area contributed by atoms with E-state index in [1.807, 2.05) is 0 Å². The maximum atomic E-state index is 12.4. The average molecular weight is 261 g/mol. The van der Waals surface area contributed by atoms with E-state index in [4.69, 9.17) is 11.6 Å². The fourth-order valence-corrected chi connectivity index (χ4v) is 1.43. The molecule has 0 aliphatic heterocycles. The molecule has 0 atom stereocenters. The predicted molar refractivity (Wildman–Crippen MR) is 63.0 cm³/mol. The Morgan fingerprint density at radius 1 is 1.29 bits per heavy atom. The van der Waals surface area contributed by atoms with Crippen LogP contribution in [0.1, 0.15) is 29.5 Å². The van der Waals surface area contributed by atoms with Crippen LogP contribution in [0, 0.1) is 18.8 Å². The van der Waals surface area contributed by atoms with Gasteiger partial charge in [0, 0.05) is 17.9 Å². The molecule has 0 aliphatic carbocycles. The van der Waals surface area contributed by atoms with Gasteiger partial charge in [-0.05, 0) is 37.1 Å². The summed E-state index contributed by atoms with van der Waals surface area (Å²) in [6.07, 6.45) is -2.85. The van der Waals surface area contributed by atoms with E-state index in [2.05, 4.69) is 11.8 Å². The molecule has 0 saturated heterocycles. The van der Waals surface area contributed by atoms with Gasteiger partial charge in [0.2, 0.25) is 0 Å². The van der Waals surface area contributed by atoms with Crippen molar-refractivity contribution in [3.63, 3.8) is 0 Å². The molecule has 0 spiro atoms. The zero-order valence-electron chi connectivity index (χ0n) is 9.37. The van der Waals surface area contributed by atoms with Gasteiger partial charge in [-0.1, -0.05) is 11.8 Å². The normalized spacial score (nSPS) is 10.9. The lowest BCUT2D eigenvalue weighted by Gasteiger charge is -2.08. The quantitative estimate of drug-likeness (QED) is 0.420. The molecule has 0 aromatic heterocycles. The van der Waals surface area contributed by atoms with Crippen molar-refractivity contribution in [1.29, 1.82) is 0 Å². The van der Waals surface area contributed by atoms with E-state index < -0.39 is 11.7 Å². The van der Waals surface area contributed by atoms with Gasteiger partial charge in [-0.3, -0.25) is 0 Å². The third-order valence-electron chi connectivity index (χ3n) is 2.21. The summed E-state index contributed by atoms with van der Waals surface area (Å²) in [5.41, 5.74) is 0.534. The minimum absolute atomic E-state index is 0.540. The highest BCUT2D eigenvalue weighted by atomic mass is 35.5. The molecule has 4 heteroatoms. The Hall–Kier alpha value is -1.14. The Bertz CT molecular complexity index is 438. The van der Waals surface area contributed by atoms with Crippen LogP contribution in [-0.2, 0) is 6.18 Å². The molecule has 1 aromatic rings. The second-order valence-corrected chi connectivity index (χ2v) is 4.00. The van der Waals surface area contributed by atoms with Gasteiger partial charge in [-0.15, -0.1) is 11.6 Å². The van der Waals surface area contributed by atoms with Gasteiger partial charge in [-0.25, -0.2) is 0 Å². The van der Waals surface area contributed by atoms with Crippen molar-refractivity contribution in [2.75, 3.05) is 5.88 Å². The summed E-state index contributed by atoms with van der Waals surface area (Å²) >= 11 is 5.49. The summed E-state index contributed by atoms with van der Waals surface area (Å²) in [7, 11) is 0. The van der Waals surface area contributed by atoms with Gasteiger partial charge in [-0.2, -0.15) is 13.2 Å². The number of hydrogen-bond donors (Lipinski definition) is 0. The molecular weight excluding hydrogens is 249 g/mol. The first-order valence-electron chi connectivity index (χ1n) is 5.18. The second kappa shape index (κ2) is 5.97. The zero-order chi connectivity index (χ0) is 12.9. The molecular formula is C13H12ClF3. The Labute approximate surface area is 104 Å². The van der Waals surface area contributed by atoms with Gasteiger partial charge >= 0.3 is 6.18 Å². The minimum atomic E-state index is -4.30. The van der Waals surface area contributed by atoms with Crippen molar-refractivity contribution >= 4 is 11.6 Å². The number of rotatable bonds is 2. The fourth-order valence-electron chi connectivity index (χ4n) is 1.29. The van der Waals surface area contributed by atoms with Crippen LogP contribution in [0.3, 0.4) is 0 Å². The highest BCUT2D eigenvalue weighted by Gasteiger charge is 2.30. The Morgan fingerprint density at radius 3 is 2.53 bits per heavy atom. The van der Waals surface area contributed by atoms with Crippen LogP contribution in [0.2, 0.25) is 0 Å². The molecule has 17 heavy (non-hydrogen) atoms. The fraction of sp³-hybridized carbons (Fsp3) is 0.385. The summed E-state index contributed by atoms with van der Waals surface area (Å²) in [6, 6.07) is 3.58. The number of aryl methyl sites for hydroxylation is 1. The lowest BCUT2D eigenvalue weighted by molar-refractivity contribution is -0.137. The topological polar surface area (TPSA) is 0 Å². The number of hydrogen-bond acceptors (Lipinski definition) is 0. The van der Waals surface area contributed by atoms with Gasteiger partial charge in [0.25, 0.3) is 0 Å². The summed E-state index contributed by atoms with van der Waals surface area (Å²) in [6.45, 7) is 1.63. The molecule has 92 valence electrons. The third-order valence-corrected chi connectivity index (χ3v) is 2.48. The van der Waals surface area contributed by atoms with Crippen LogP contribution in [0.15, 0.2) is 18.2 Å². The van der Waals surface area contributed by atoms with Gasteiger partial charge in [0.1, 0.15) is 0 Å². The molecule has 0 amide bonds. The van der Waals surface area contributed by atoms with E-state index in [9.17, 15) is 13.2 Å². The van der Waals surface area contributed by atoms with E-state index >= 15 is 0 Å². The van der Waals surface area contributed by atoms with E-state index in [0.29, 0.717) is 23.4 Å². The van der Waals surface area contributed by atoms with Crippen LogP contribution >= 0.6 is 11.6 Å². The van der Waals surface area contributed by atoms with Crippen molar-refractivity contribution in [1.82, 2.24) is 0 Å². The van der Waals surface area contributed by atoms with Crippen LogP contribution in [0.25, 0.3) is 0 Å². The summed E-state index contributed by atoms with van der Waals surface area (Å²) in [4.78, 5) is 0. The van der Waals surface area contributed by atoms with Crippen LogP contribution in [0.4, 0.5) is 13.2 Å². The molecule has 0 saturated carbocycles. The predicted octanol–water partition coefficient (Wildman–Crippen LogP) is 4.38. The van der Waals surface area contributed by atoms with Crippen molar-refractivity contribution < 1.29 is 13.2 Å². The van der Waals surface area contributed by atoms with E-state index in [-0.39, 0.29) is 0 Å². The molecule has 0 radical (unpaired) electrons. The standard InChI is InChI=1S/C13H12ClF3/c1-10-9-12(13(15,16)17)7-6-11(10)5-3-2-4-8-14/h6-7,9H,2,4,8H2,1H3. The van der Waals surface area contributed by atoms with Crippen molar-refractivity contribution in [3.8, 4) is 11.8 Å². The number of unbranched alkanes of at least 4 members (excludes halogenated alkanes) is 1. The van der Waals surface area contributed by atoms with Gasteiger partial charge in [0.15, 0.2) is 0 Å². The zero-order valence-corrected chi connectivity index (χ0v) is 10.1. The lowest BCUT2D eigenvalue weighted by atomic mass is 10.0. The molecule has 0 aliphatic rings. The largest absolute Gasteiger partial charge is 0.416 e. The lowest BCUT2D eigenvalue weighted by Crippen LogP contribution is -2.05. The van der Waals surface area contributed by atoms with Crippen molar-refractivity contribution in [2.24, 2.45) is 0 Å². The molecule has 0 fully saturated rings. The Morgan fingerprint density at radius 2 is 2.00 bits per heavy atom. The molecule has 0 nitrogen and oxygen atoms in total. The summed E-state index contributed by atoms with van der Waals surface area (Å²) < 4.78 is 37.2. The van der Waals surface area contributed by atoms with E-state index in [0.717, 1.165) is 18.6 Å². The average Bonchev–Trinajstić information content (AvgIpc) is 2.24. The first-order valence-corrected chi connectivity index (χ1v) is 5.71. The summed E-state index contributed by atoms with van der Waals surface area (Å²) in [5.74, 6) is 6.28. The monoisotopic (exact) mass is 260 g/mol. The van der Waals surface area contributed by atoms with E-state index in [1.165, 1.54) is 6.07 Å². The number of halogens is 4. The SMILES string of the molecule is Cc1cc(C(F)(F)F)ccc1C#CCCCCl. The highest BCUT2D eigenvalue weighted by molar-refractivity contribution is 6.17. The molecule has 1 rings (SSSR count). The molecule has 0 heterocycles. The Balaban J connectivity index is 2.86. The molecule has 0 unspecified atom stereocenters. The molecule has 0 bridgehead atoms. The van der Waals surface area contributed by atoms with Crippen molar-refractivity contribution in [3.05, 3.63) is 34.9 Å². The Kier molecular flexibility index (Phi) is 4.89. The third kappa shape index (κ3) is 4.32. The second-order valence-electron chi connectivity index (χ2n) is 3.62. The maximum Gasteiger partial charge on any atom is 0.416 e. The highest BCUT2D eigenvalue weighted by Crippen LogP contribution is 2.30. The van der Waals surface area contributed by atoms with Crippen LogP contribution in [-0.4, -0.2) is 5.88 Å². The van der Waals surface area contributed by atoms with Crippen LogP contribution < -0.4 is 0 Å². The van der Waals surface area contributed by atoms with Gasteiger partial charge in [0.05, 0.1) is 5.56 Å². The number of alkyl halides is 4. The van der Waals surface area contributed by atoms with Gasteiger partial charge < -0.3 is 0 Å². The van der Waals surface area contributed by atoms with Crippen molar-refractivity contribution in [2.45, 2.75) is 25.9 Å². The molecule has 0 N–H and O–H groups in total. The van der Waals surface area contributed by atoms with Crippen LogP contribution in [0.5, 0.6) is 0 Å². The smallest absolute Gasteiger partial charge is 0.166 e. The molecule has 1 aromatic carbocycles. The maximum absolute atomic E-state index is 12.4. The number of benzene rings is 1. The first kappa shape index (κ1) is 13.9. The van der Waals surface area contributed by atoms with E-state index in [1.54, 1.807) is 6.92 Å².